The SMILES string of the molecule is C[C@H](CCn1cccn1)NC(=O)c1ccc(OC2CCN(S(=O)(=O)N(C)C)CC2)cc1. The molecule has 1 aliphatic rings. The zero-order valence-corrected chi connectivity index (χ0v) is 19.1. The molecule has 0 unspecified atom stereocenters. The molecule has 2 heterocycles. The van der Waals surface area contributed by atoms with E-state index in [9.17, 15) is 13.2 Å². The summed E-state index contributed by atoms with van der Waals surface area (Å²) in [6.45, 7) is 3.59. The highest BCUT2D eigenvalue weighted by Crippen LogP contribution is 2.21. The summed E-state index contributed by atoms with van der Waals surface area (Å²) in [5.41, 5.74) is 0.574. The van der Waals surface area contributed by atoms with Gasteiger partial charge in [0.1, 0.15) is 11.9 Å². The predicted octanol–water partition coefficient (Wildman–Crippen LogP) is 1.74. The highest BCUT2D eigenvalue weighted by atomic mass is 32.2. The van der Waals surface area contributed by atoms with E-state index in [1.54, 1.807) is 30.5 Å². The highest BCUT2D eigenvalue weighted by molar-refractivity contribution is 7.86. The van der Waals surface area contributed by atoms with Gasteiger partial charge in [-0.15, -0.1) is 0 Å². The second kappa shape index (κ2) is 10.3. The standard InChI is InChI=1S/C21H31N5O4S/c1-17(9-14-25-13-4-12-22-25)23-21(27)18-5-7-19(8-6-18)30-20-10-15-26(16-11-20)31(28,29)24(2)3/h4-8,12-13,17,20H,9-11,14-16H2,1-3H3,(H,23,27)/t17-/m1/s1. The third-order valence-corrected chi connectivity index (χ3v) is 7.28. The van der Waals surface area contributed by atoms with Gasteiger partial charge in [0.2, 0.25) is 0 Å². The van der Waals surface area contributed by atoms with Crippen molar-refractivity contribution >= 4 is 16.1 Å². The minimum atomic E-state index is -3.38. The highest BCUT2D eigenvalue weighted by Gasteiger charge is 2.30. The molecule has 0 aliphatic carbocycles. The molecule has 1 aromatic heterocycles. The largest absolute Gasteiger partial charge is 0.490 e. The van der Waals surface area contributed by atoms with E-state index in [0.29, 0.717) is 37.2 Å². The minimum absolute atomic E-state index is 0.0243. The molecule has 31 heavy (non-hydrogen) atoms. The molecule has 1 fully saturated rings. The Morgan fingerprint density at radius 3 is 2.52 bits per heavy atom. The number of piperidine rings is 1. The van der Waals surface area contributed by atoms with Crippen LogP contribution in [0.5, 0.6) is 5.75 Å². The van der Waals surface area contributed by atoms with E-state index in [-0.39, 0.29) is 18.1 Å². The fourth-order valence-electron chi connectivity index (χ4n) is 3.43. The van der Waals surface area contributed by atoms with Gasteiger partial charge in [-0.25, -0.2) is 0 Å². The summed E-state index contributed by atoms with van der Waals surface area (Å²) < 4.78 is 34.9. The van der Waals surface area contributed by atoms with Gasteiger partial charge in [-0.2, -0.15) is 22.1 Å². The van der Waals surface area contributed by atoms with Gasteiger partial charge in [-0.3, -0.25) is 9.48 Å². The number of nitrogens with one attached hydrogen (secondary N) is 1. The van der Waals surface area contributed by atoms with Crippen LogP contribution in [0.25, 0.3) is 0 Å². The Hall–Kier alpha value is -2.43. The van der Waals surface area contributed by atoms with Crippen molar-refractivity contribution in [2.75, 3.05) is 27.2 Å². The lowest BCUT2D eigenvalue weighted by Gasteiger charge is -2.32. The third kappa shape index (κ3) is 6.28. The molecule has 1 aromatic carbocycles. The van der Waals surface area contributed by atoms with E-state index in [1.807, 2.05) is 23.9 Å². The number of aryl methyl sites for hydroxylation is 1. The Bertz CT molecular complexity index is 937. The number of hydrogen-bond acceptors (Lipinski definition) is 5. The van der Waals surface area contributed by atoms with E-state index < -0.39 is 10.2 Å². The number of aromatic nitrogens is 2. The quantitative estimate of drug-likeness (QED) is 0.629. The van der Waals surface area contributed by atoms with Crippen LogP contribution in [0.4, 0.5) is 0 Å². The maximum absolute atomic E-state index is 12.5. The van der Waals surface area contributed by atoms with Crippen LogP contribution >= 0.6 is 0 Å². The molecule has 1 N–H and O–H groups in total. The van der Waals surface area contributed by atoms with Gasteiger partial charge in [-0.05, 0) is 56.5 Å². The molecule has 10 heteroatoms. The fraction of sp³-hybridized carbons (Fsp3) is 0.524. The monoisotopic (exact) mass is 449 g/mol. The van der Waals surface area contributed by atoms with Crippen molar-refractivity contribution in [3.05, 3.63) is 48.3 Å². The maximum Gasteiger partial charge on any atom is 0.281 e. The first-order valence-corrected chi connectivity index (χ1v) is 11.9. The lowest BCUT2D eigenvalue weighted by atomic mass is 10.1. The van der Waals surface area contributed by atoms with Crippen molar-refractivity contribution in [2.45, 2.75) is 44.9 Å². The number of carbonyl (C=O) groups excluding carboxylic acids is 1. The summed E-state index contributed by atoms with van der Waals surface area (Å²) in [5, 5.41) is 7.16. The molecule has 1 aliphatic heterocycles. The summed E-state index contributed by atoms with van der Waals surface area (Å²) in [6, 6.07) is 8.96. The smallest absolute Gasteiger partial charge is 0.281 e. The topological polar surface area (TPSA) is 96.8 Å². The van der Waals surface area contributed by atoms with Crippen molar-refractivity contribution in [2.24, 2.45) is 0 Å². The maximum atomic E-state index is 12.5. The van der Waals surface area contributed by atoms with Crippen molar-refractivity contribution in [3.63, 3.8) is 0 Å². The zero-order valence-electron chi connectivity index (χ0n) is 18.3. The molecular weight excluding hydrogens is 418 g/mol. The van der Waals surface area contributed by atoms with Crippen LogP contribution in [0.1, 0.15) is 36.5 Å². The van der Waals surface area contributed by atoms with Crippen molar-refractivity contribution in [3.8, 4) is 5.75 Å². The Morgan fingerprint density at radius 2 is 1.94 bits per heavy atom. The summed E-state index contributed by atoms with van der Waals surface area (Å²) in [6.07, 6.45) is 5.64. The molecule has 3 rings (SSSR count). The number of hydrogen-bond donors (Lipinski definition) is 1. The van der Waals surface area contributed by atoms with E-state index in [0.717, 1.165) is 13.0 Å². The van der Waals surface area contributed by atoms with Crippen LogP contribution < -0.4 is 10.1 Å². The first-order chi connectivity index (χ1) is 14.8. The summed E-state index contributed by atoms with van der Waals surface area (Å²) in [4.78, 5) is 12.5. The zero-order chi connectivity index (χ0) is 22.4. The van der Waals surface area contributed by atoms with Gasteiger partial charge in [0.15, 0.2) is 0 Å². The van der Waals surface area contributed by atoms with Gasteiger partial charge >= 0.3 is 0 Å². The molecule has 170 valence electrons. The second-order valence-corrected chi connectivity index (χ2v) is 10.1. The van der Waals surface area contributed by atoms with E-state index in [4.69, 9.17) is 4.74 Å². The number of nitrogens with zero attached hydrogens (tertiary/aromatic N) is 4. The molecule has 1 amide bonds. The van der Waals surface area contributed by atoms with Gasteiger partial charge in [0.05, 0.1) is 0 Å². The number of ether oxygens (including phenoxy) is 1. The molecule has 1 atom stereocenters. The summed E-state index contributed by atoms with van der Waals surface area (Å²) in [7, 11) is -0.302. The Kier molecular flexibility index (Phi) is 7.69. The normalized spacial score (nSPS) is 16.9. The van der Waals surface area contributed by atoms with Gasteiger partial charge in [0, 0.05) is 57.7 Å². The number of benzene rings is 1. The first-order valence-electron chi connectivity index (χ1n) is 10.5. The number of amides is 1. The average molecular weight is 450 g/mol. The van der Waals surface area contributed by atoms with Crippen LogP contribution in [-0.4, -0.2) is 72.0 Å². The molecule has 9 nitrogen and oxygen atoms in total. The van der Waals surface area contributed by atoms with Crippen LogP contribution in [0.2, 0.25) is 0 Å². The number of rotatable bonds is 9. The van der Waals surface area contributed by atoms with Crippen LogP contribution in [0.15, 0.2) is 42.7 Å². The average Bonchev–Trinajstić information content (AvgIpc) is 3.27. The second-order valence-electron chi connectivity index (χ2n) is 7.96. The Labute approximate surface area is 184 Å². The predicted molar refractivity (Wildman–Crippen MR) is 118 cm³/mol. The molecule has 2 aromatic rings. The van der Waals surface area contributed by atoms with Crippen LogP contribution in [0, 0.1) is 0 Å². The van der Waals surface area contributed by atoms with Crippen molar-refractivity contribution in [1.29, 1.82) is 0 Å². The van der Waals surface area contributed by atoms with Gasteiger partial charge in [-0.1, -0.05) is 0 Å². The van der Waals surface area contributed by atoms with Gasteiger partial charge < -0.3 is 10.1 Å². The van der Waals surface area contributed by atoms with Crippen LogP contribution in [0.3, 0.4) is 0 Å². The van der Waals surface area contributed by atoms with Crippen molar-refractivity contribution < 1.29 is 17.9 Å². The first kappa shape index (κ1) is 23.2. The molecule has 1 saturated heterocycles. The molecule has 0 saturated carbocycles. The van der Waals surface area contributed by atoms with E-state index in [1.165, 1.54) is 22.7 Å². The van der Waals surface area contributed by atoms with Crippen LogP contribution in [-0.2, 0) is 16.8 Å². The molecular formula is C21H31N5O4S. The summed E-state index contributed by atoms with van der Waals surface area (Å²) in [5.74, 6) is 0.555. The fourth-order valence-corrected chi connectivity index (χ4v) is 4.56. The lowest BCUT2D eigenvalue weighted by Crippen LogP contribution is -2.46. The summed E-state index contributed by atoms with van der Waals surface area (Å²) >= 11 is 0. The van der Waals surface area contributed by atoms with E-state index in [2.05, 4.69) is 10.4 Å². The Morgan fingerprint density at radius 1 is 1.26 bits per heavy atom. The van der Waals surface area contributed by atoms with Gasteiger partial charge in [0.25, 0.3) is 16.1 Å². The third-order valence-electron chi connectivity index (χ3n) is 5.34. The molecule has 0 bridgehead atoms. The minimum Gasteiger partial charge on any atom is -0.490 e. The Balaban J connectivity index is 1.45. The molecule has 0 radical (unpaired) electrons. The lowest BCUT2D eigenvalue weighted by molar-refractivity contribution is 0.0937. The molecule has 0 spiro atoms. The number of carbonyl (C=O) groups is 1. The van der Waals surface area contributed by atoms with Crippen molar-refractivity contribution in [1.82, 2.24) is 23.7 Å². The van der Waals surface area contributed by atoms with E-state index >= 15 is 0 Å².